The normalized spacial score (nSPS) is 11.1. The Bertz CT molecular complexity index is 1050. The average Bonchev–Trinajstić information content (AvgIpc) is 2.72. The summed E-state index contributed by atoms with van der Waals surface area (Å²) in [7, 11) is 1.59. The first-order chi connectivity index (χ1) is 15.4. The lowest BCUT2D eigenvalue weighted by molar-refractivity contribution is -0.121. The van der Waals surface area contributed by atoms with Gasteiger partial charge in [0, 0.05) is 23.2 Å². The fourth-order valence-electron chi connectivity index (χ4n) is 3.87. The number of amides is 3. The SMILES string of the molecule is CCCC(=O)N(CC(=O)Nc1cc(C(N)=O)ccc1C(C)(C)C)c1ccc(C)c(OC)c1C. The molecule has 0 fully saturated rings. The fraction of sp³-hybridized carbons (Fsp3) is 0.423. The summed E-state index contributed by atoms with van der Waals surface area (Å²) in [5.41, 5.74) is 9.20. The number of primary amides is 1. The van der Waals surface area contributed by atoms with Crippen molar-refractivity contribution < 1.29 is 19.1 Å². The largest absolute Gasteiger partial charge is 0.496 e. The molecule has 0 aliphatic heterocycles. The number of nitrogens with zero attached hydrogens (tertiary/aromatic N) is 1. The van der Waals surface area contributed by atoms with Gasteiger partial charge in [-0.3, -0.25) is 14.4 Å². The van der Waals surface area contributed by atoms with E-state index in [2.05, 4.69) is 5.32 Å². The number of hydrogen-bond donors (Lipinski definition) is 2. The molecule has 2 aromatic carbocycles. The highest BCUT2D eigenvalue weighted by Crippen LogP contribution is 2.33. The molecule has 178 valence electrons. The molecule has 0 aromatic heterocycles. The van der Waals surface area contributed by atoms with Gasteiger partial charge in [0.15, 0.2) is 0 Å². The zero-order valence-electron chi connectivity index (χ0n) is 20.7. The molecule has 0 radical (unpaired) electrons. The van der Waals surface area contributed by atoms with Gasteiger partial charge in [-0.05, 0) is 55.0 Å². The number of carbonyl (C=O) groups excluding carboxylic acids is 3. The van der Waals surface area contributed by atoms with Gasteiger partial charge in [0.05, 0.1) is 12.8 Å². The van der Waals surface area contributed by atoms with Gasteiger partial charge in [0.1, 0.15) is 12.3 Å². The van der Waals surface area contributed by atoms with Crippen molar-refractivity contribution in [2.75, 3.05) is 23.9 Å². The van der Waals surface area contributed by atoms with Crippen molar-refractivity contribution in [1.29, 1.82) is 0 Å². The van der Waals surface area contributed by atoms with E-state index in [1.54, 1.807) is 25.3 Å². The van der Waals surface area contributed by atoms with Crippen molar-refractivity contribution in [2.24, 2.45) is 5.73 Å². The monoisotopic (exact) mass is 453 g/mol. The predicted octanol–water partition coefficient (Wildman–Crippen LogP) is 4.48. The molecular weight excluding hydrogens is 418 g/mol. The van der Waals surface area contributed by atoms with Crippen molar-refractivity contribution in [3.05, 3.63) is 52.6 Å². The number of methoxy groups -OCH3 is 1. The zero-order valence-corrected chi connectivity index (χ0v) is 20.7. The first-order valence-electron chi connectivity index (χ1n) is 11.1. The molecule has 33 heavy (non-hydrogen) atoms. The van der Waals surface area contributed by atoms with Crippen LogP contribution in [-0.2, 0) is 15.0 Å². The number of ether oxygens (including phenoxy) is 1. The number of nitrogens with two attached hydrogens (primary N) is 1. The molecule has 0 unspecified atom stereocenters. The highest BCUT2D eigenvalue weighted by atomic mass is 16.5. The number of carbonyl (C=O) groups is 3. The quantitative estimate of drug-likeness (QED) is 0.615. The summed E-state index contributed by atoms with van der Waals surface area (Å²) in [4.78, 5) is 39.3. The lowest BCUT2D eigenvalue weighted by Gasteiger charge is -2.27. The molecule has 3 N–H and O–H groups in total. The Morgan fingerprint density at radius 3 is 2.30 bits per heavy atom. The highest BCUT2D eigenvalue weighted by molar-refractivity contribution is 6.04. The zero-order chi connectivity index (χ0) is 24.9. The smallest absolute Gasteiger partial charge is 0.248 e. The number of anilines is 2. The maximum absolute atomic E-state index is 13.1. The van der Waals surface area contributed by atoms with E-state index in [0.717, 1.165) is 16.7 Å². The summed E-state index contributed by atoms with van der Waals surface area (Å²) >= 11 is 0. The number of benzene rings is 2. The fourth-order valence-corrected chi connectivity index (χ4v) is 3.87. The Labute approximate surface area is 196 Å². The van der Waals surface area contributed by atoms with Crippen LogP contribution >= 0.6 is 0 Å². The molecule has 0 saturated heterocycles. The van der Waals surface area contributed by atoms with Crippen LogP contribution in [0.15, 0.2) is 30.3 Å². The lowest BCUT2D eigenvalue weighted by atomic mass is 9.85. The third-order valence-corrected chi connectivity index (χ3v) is 5.52. The maximum atomic E-state index is 13.1. The van der Waals surface area contributed by atoms with Gasteiger partial charge in [-0.2, -0.15) is 0 Å². The molecule has 0 heterocycles. The van der Waals surface area contributed by atoms with E-state index in [0.29, 0.717) is 35.5 Å². The van der Waals surface area contributed by atoms with Crippen molar-refractivity contribution in [3.63, 3.8) is 0 Å². The molecule has 0 bridgehead atoms. The standard InChI is InChI=1S/C26H35N3O4/c1-8-9-23(31)29(21-13-10-16(2)24(33-7)17(21)3)15-22(30)28-20-14-18(25(27)32)11-12-19(20)26(4,5)6/h10-14H,8-9,15H2,1-7H3,(H2,27,32)(H,28,30). The number of rotatable bonds is 8. The summed E-state index contributed by atoms with van der Waals surface area (Å²) < 4.78 is 5.51. The van der Waals surface area contributed by atoms with Gasteiger partial charge in [-0.25, -0.2) is 0 Å². The molecular formula is C26H35N3O4. The molecule has 3 amide bonds. The van der Waals surface area contributed by atoms with E-state index in [1.165, 1.54) is 4.90 Å². The topological polar surface area (TPSA) is 102 Å². The van der Waals surface area contributed by atoms with Crippen LogP contribution in [-0.4, -0.2) is 31.4 Å². The van der Waals surface area contributed by atoms with Crippen LogP contribution in [0.3, 0.4) is 0 Å². The number of hydrogen-bond acceptors (Lipinski definition) is 4. The van der Waals surface area contributed by atoms with Crippen molar-refractivity contribution >= 4 is 29.1 Å². The van der Waals surface area contributed by atoms with Crippen LogP contribution < -0.4 is 20.7 Å². The van der Waals surface area contributed by atoms with Crippen molar-refractivity contribution in [2.45, 2.75) is 59.8 Å². The number of nitrogens with one attached hydrogen (secondary N) is 1. The third-order valence-electron chi connectivity index (χ3n) is 5.52. The summed E-state index contributed by atoms with van der Waals surface area (Å²) in [6, 6.07) is 8.74. The van der Waals surface area contributed by atoms with Gasteiger partial charge in [-0.1, -0.05) is 39.8 Å². The van der Waals surface area contributed by atoms with E-state index in [9.17, 15) is 14.4 Å². The summed E-state index contributed by atoms with van der Waals surface area (Å²) in [5, 5.41) is 2.90. The molecule has 0 saturated carbocycles. The second-order valence-corrected chi connectivity index (χ2v) is 9.21. The second-order valence-electron chi connectivity index (χ2n) is 9.21. The van der Waals surface area contributed by atoms with E-state index in [4.69, 9.17) is 10.5 Å². The minimum absolute atomic E-state index is 0.149. The van der Waals surface area contributed by atoms with Gasteiger partial charge in [0.25, 0.3) is 0 Å². The van der Waals surface area contributed by atoms with Crippen LogP contribution in [0.25, 0.3) is 0 Å². The Morgan fingerprint density at radius 2 is 1.76 bits per heavy atom. The summed E-state index contributed by atoms with van der Waals surface area (Å²) in [6.45, 7) is 11.6. The van der Waals surface area contributed by atoms with Gasteiger partial charge < -0.3 is 20.7 Å². The molecule has 0 aliphatic carbocycles. The average molecular weight is 454 g/mol. The molecule has 7 nitrogen and oxygen atoms in total. The predicted molar refractivity (Wildman–Crippen MR) is 132 cm³/mol. The Balaban J connectivity index is 2.44. The summed E-state index contributed by atoms with van der Waals surface area (Å²) in [5.74, 6) is -0.409. The molecule has 0 aliphatic rings. The van der Waals surface area contributed by atoms with Gasteiger partial charge in [-0.15, -0.1) is 0 Å². The first-order valence-corrected chi connectivity index (χ1v) is 11.1. The lowest BCUT2D eigenvalue weighted by Crippen LogP contribution is -2.38. The minimum atomic E-state index is -0.576. The van der Waals surface area contributed by atoms with Crippen LogP contribution in [0.1, 0.15) is 67.6 Å². The molecule has 0 atom stereocenters. The van der Waals surface area contributed by atoms with E-state index >= 15 is 0 Å². The number of aryl methyl sites for hydroxylation is 1. The Hall–Kier alpha value is -3.35. The van der Waals surface area contributed by atoms with E-state index in [-0.39, 0.29) is 23.8 Å². The molecule has 0 spiro atoms. The minimum Gasteiger partial charge on any atom is -0.496 e. The molecule has 2 rings (SSSR count). The molecule has 7 heteroatoms. The van der Waals surface area contributed by atoms with Crippen molar-refractivity contribution in [1.82, 2.24) is 0 Å². The van der Waals surface area contributed by atoms with E-state index < -0.39 is 5.91 Å². The van der Waals surface area contributed by atoms with Gasteiger partial charge >= 0.3 is 0 Å². The highest BCUT2D eigenvalue weighted by Gasteiger charge is 2.24. The van der Waals surface area contributed by atoms with Crippen LogP contribution in [0.5, 0.6) is 5.75 Å². The Morgan fingerprint density at radius 1 is 1.09 bits per heavy atom. The van der Waals surface area contributed by atoms with E-state index in [1.807, 2.05) is 53.7 Å². The second kappa shape index (κ2) is 10.5. The van der Waals surface area contributed by atoms with Crippen LogP contribution in [0.2, 0.25) is 0 Å². The summed E-state index contributed by atoms with van der Waals surface area (Å²) in [6.07, 6.45) is 0.973. The Kier molecular flexibility index (Phi) is 8.25. The van der Waals surface area contributed by atoms with Crippen LogP contribution in [0.4, 0.5) is 11.4 Å². The van der Waals surface area contributed by atoms with Crippen LogP contribution in [0, 0.1) is 13.8 Å². The molecule has 2 aromatic rings. The third kappa shape index (κ3) is 6.12. The van der Waals surface area contributed by atoms with Gasteiger partial charge in [0.2, 0.25) is 17.7 Å². The van der Waals surface area contributed by atoms with Crippen molar-refractivity contribution in [3.8, 4) is 5.75 Å². The first kappa shape index (κ1) is 25.9. The maximum Gasteiger partial charge on any atom is 0.248 e.